The van der Waals surface area contributed by atoms with Gasteiger partial charge in [-0.1, -0.05) is 17.3 Å². The van der Waals surface area contributed by atoms with Crippen molar-refractivity contribution in [1.82, 2.24) is 20.8 Å². The van der Waals surface area contributed by atoms with Gasteiger partial charge in [-0.25, -0.2) is 0 Å². The van der Waals surface area contributed by atoms with Crippen LogP contribution in [0.15, 0.2) is 33.7 Å². The molecule has 0 fully saturated rings. The van der Waals surface area contributed by atoms with Crippen LogP contribution in [0.25, 0.3) is 0 Å². The van der Waals surface area contributed by atoms with Crippen molar-refractivity contribution >= 4 is 23.6 Å². The van der Waals surface area contributed by atoms with Crippen LogP contribution in [0.2, 0.25) is 0 Å². The quantitative estimate of drug-likeness (QED) is 0.766. The van der Waals surface area contributed by atoms with E-state index in [-0.39, 0.29) is 23.9 Å². The summed E-state index contributed by atoms with van der Waals surface area (Å²) in [7, 11) is 0. The number of nitrogens with zero attached hydrogens (tertiary/aromatic N) is 2. The van der Waals surface area contributed by atoms with E-state index in [0.717, 1.165) is 4.90 Å². The fraction of sp³-hybridized carbons (Fsp3) is 0.412. The van der Waals surface area contributed by atoms with E-state index < -0.39 is 0 Å². The third-order valence-corrected chi connectivity index (χ3v) is 4.03. The van der Waals surface area contributed by atoms with Crippen molar-refractivity contribution < 1.29 is 14.1 Å². The minimum atomic E-state index is -0.336. The van der Waals surface area contributed by atoms with Gasteiger partial charge in [-0.05, 0) is 39.8 Å². The molecule has 0 saturated heterocycles. The highest BCUT2D eigenvalue weighted by atomic mass is 32.2. The topological polar surface area (TPSA) is 97.1 Å². The Morgan fingerprint density at radius 2 is 1.96 bits per heavy atom. The summed E-state index contributed by atoms with van der Waals surface area (Å²) in [4.78, 5) is 29.2. The van der Waals surface area contributed by atoms with Crippen molar-refractivity contribution in [2.75, 3.05) is 6.54 Å². The zero-order chi connectivity index (χ0) is 18.4. The van der Waals surface area contributed by atoms with Crippen molar-refractivity contribution in [3.63, 3.8) is 0 Å². The number of hydrogen-bond acceptors (Lipinski definition) is 6. The van der Waals surface area contributed by atoms with Gasteiger partial charge in [0.05, 0.1) is 17.9 Å². The first-order chi connectivity index (χ1) is 11.7. The third kappa shape index (κ3) is 6.22. The monoisotopic (exact) mass is 362 g/mol. The standard InChI is InChI=1S/C17H22N4O3S/c1-11-19-15(24-21-11)10-25-13-8-6-5-7-12(13)16(23)18-9-14(22)20-17(2,3)4/h5-8H,9-10H2,1-4H3,(H,18,23)(H,20,22). The molecule has 0 atom stereocenters. The molecule has 134 valence electrons. The average molecular weight is 362 g/mol. The normalized spacial score (nSPS) is 11.2. The molecule has 7 nitrogen and oxygen atoms in total. The molecule has 0 aliphatic heterocycles. The molecule has 1 aromatic carbocycles. The molecule has 0 bridgehead atoms. The molecule has 0 aliphatic carbocycles. The van der Waals surface area contributed by atoms with Gasteiger partial charge in [0.1, 0.15) is 0 Å². The van der Waals surface area contributed by atoms with Gasteiger partial charge < -0.3 is 15.2 Å². The first kappa shape index (κ1) is 19.0. The second-order valence-electron chi connectivity index (χ2n) is 6.50. The van der Waals surface area contributed by atoms with Gasteiger partial charge in [-0.15, -0.1) is 11.8 Å². The lowest BCUT2D eigenvalue weighted by Gasteiger charge is -2.20. The fourth-order valence-electron chi connectivity index (χ4n) is 2.04. The molecular weight excluding hydrogens is 340 g/mol. The number of thioether (sulfide) groups is 1. The number of hydrogen-bond donors (Lipinski definition) is 2. The van der Waals surface area contributed by atoms with Crippen molar-refractivity contribution in [3.8, 4) is 0 Å². The predicted molar refractivity (Wildman–Crippen MR) is 95.3 cm³/mol. The Morgan fingerprint density at radius 1 is 1.24 bits per heavy atom. The molecule has 1 heterocycles. The minimum Gasteiger partial charge on any atom is -0.350 e. The van der Waals surface area contributed by atoms with Crippen molar-refractivity contribution in [1.29, 1.82) is 0 Å². The number of aryl methyl sites for hydroxylation is 1. The van der Waals surface area contributed by atoms with Crippen molar-refractivity contribution in [3.05, 3.63) is 41.5 Å². The number of rotatable bonds is 6. The Labute approximate surface area is 151 Å². The van der Waals surface area contributed by atoms with Gasteiger partial charge in [0, 0.05) is 10.4 Å². The van der Waals surface area contributed by atoms with E-state index in [1.54, 1.807) is 19.1 Å². The molecule has 8 heteroatoms. The zero-order valence-electron chi connectivity index (χ0n) is 14.8. The van der Waals surface area contributed by atoms with Crippen LogP contribution in [-0.4, -0.2) is 34.0 Å². The molecule has 1 aromatic heterocycles. The molecule has 0 aliphatic rings. The molecule has 2 N–H and O–H groups in total. The highest BCUT2D eigenvalue weighted by molar-refractivity contribution is 7.98. The Morgan fingerprint density at radius 3 is 2.60 bits per heavy atom. The average Bonchev–Trinajstić information content (AvgIpc) is 2.95. The lowest BCUT2D eigenvalue weighted by molar-refractivity contribution is -0.121. The number of benzene rings is 1. The number of nitrogens with one attached hydrogen (secondary N) is 2. The number of carbonyl (C=O) groups excluding carboxylic acids is 2. The van der Waals surface area contributed by atoms with Gasteiger partial charge >= 0.3 is 0 Å². The van der Waals surface area contributed by atoms with Gasteiger partial charge in [0.15, 0.2) is 5.82 Å². The van der Waals surface area contributed by atoms with Crippen molar-refractivity contribution in [2.45, 2.75) is 43.9 Å². The second kappa shape index (κ2) is 8.15. The molecule has 0 unspecified atom stereocenters. The van der Waals surface area contributed by atoms with Crippen LogP contribution in [0.1, 0.15) is 42.8 Å². The second-order valence-corrected chi connectivity index (χ2v) is 7.52. The van der Waals surface area contributed by atoms with Crippen LogP contribution in [0.3, 0.4) is 0 Å². The zero-order valence-corrected chi connectivity index (χ0v) is 15.6. The Bertz CT molecular complexity index is 752. The predicted octanol–water partition coefficient (Wildman–Crippen LogP) is 2.31. The first-order valence-corrected chi connectivity index (χ1v) is 8.83. The summed E-state index contributed by atoms with van der Waals surface area (Å²) in [5.41, 5.74) is 0.171. The number of aromatic nitrogens is 2. The van der Waals surface area contributed by atoms with E-state index in [1.807, 2.05) is 32.9 Å². The largest absolute Gasteiger partial charge is 0.350 e. The maximum atomic E-state index is 12.4. The first-order valence-electron chi connectivity index (χ1n) is 7.85. The highest BCUT2D eigenvalue weighted by Crippen LogP contribution is 2.25. The molecule has 25 heavy (non-hydrogen) atoms. The Kier molecular flexibility index (Phi) is 6.19. The highest BCUT2D eigenvalue weighted by Gasteiger charge is 2.16. The molecule has 2 aromatic rings. The molecule has 2 amide bonds. The van der Waals surface area contributed by atoms with Crippen LogP contribution < -0.4 is 10.6 Å². The van der Waals surface area contributed by atoms with E-state index in [4.69, 9.17) is 4.52 Å². The van der Waals surface area contributed by atoms with E-state index in [0.29, 0.717) is 23.0 Å². The lowest BCUT2D eigenvalue weighted by Crippen LogP contribution is -2.45. The maximum absolute atomic E-state index is 12.4. The van der Waals surface area contributed by atoms with Crippen LogP contribution in [0.5, 0.6) is 0 Å². The Hall–Kier alpha value is -2.35. The molecule has 0 saturated carbocycles. The molecular formula is C17H22N4O3S. The van der Waals surface area contributed by atoms with E-state index in [2.05, 4.69) is 20.8 Å². The fourth-order valence-corrected chi connectivity index (χ4v) is 2.92. The summed E-state index contributed by atoms with van der Waals surface area (Å²) in [6.45, 7) is 7.34. The van der Waals surface area contributed by atoms with Crippen molar-refractivity contribution in [2.24, 2.45) is 0 Å². The van der Waals surface area contributed by atoms with Gasteiger partial charge in [-0.3, -0.25) is 9.59 Å². The molecule has 0 spiro atoms. The minimum absolute atomic E-state index is 0.0715. The smallest absolute Gasteiger partial charge is 0.252 e. The summed E-state index contributed by atoms with van der Waals surface area (Å²) >= 11 is 1.43. The van der Waals surface area contributed by atoms with Crippen LogP contribution >= 0.6 is 11.8 Å². The van der Waals surface area contributed by atoms with Crippen LogP contribution in [-0.2, 0) is 10.5 Å². The summed E-state index contributed by atoms with van der Waals surface area (Å²) in [6, 6.07) is 7.20. The summed E-state index contributed by atoms with van der Waals surface area (Å²) < 4.78 is 5.08. The lowest BCUT2D eigenvalue weighted by atomic mass is 10.1. The molecule has 0 radical (unpaired) electrons. The Balaban J connectivity index is 1.96. The number of carbonyl (C=O) groups is 2. The third-order valence-electron chi connectivity index (χ3n) is 2.98. The summed E-state index contributed by atoms with van der Waals surface area (Å²) in [6.07, 6.45) is 0. The van der Waals surface area contributed by atoms with Crippen LogP contribution in [0, 0.1) is 6.92 Å². The van der Waals surface area contributed by atoms with Gasteiger partial charge in [-0.2, -0.15) is 4.98 Å². The van der Waals surface area contributed by atoms with Crippen LogP contribution in [0.4, 0.5) is 0 Å². The number of amides is 2. The van der Waals surface area contributed by atoms with E-state index in [1.165, 1.54) is 11.8 Å². The van der Waals surface area contributed by atoms with E-state index >= 15 is 0 Å². The maximum Gasteiger partial charge on any atom is 0.252 e. The van der Waals surface area contributed by atoms with Gasteiger partial charge in [0.25, 0.3) is 5.91 Å². The molecule has 2 rings (SSSR count). The summed E-state index contributed by atoms with van der Waals surface area (Å²) in [5, 5.41) is 9.19. The SMILES string of the molecule is Cc1noc(CSc2ccccc2C(=O)NCC(=O)NC(C)(C)C)n1. The van der Waals surface area contributed by atoms with Gasteiger partial charge in [0.2, 0.25) is 11.8 Å². The summed E-state index contributed by atoms with van der Waals surface area (Å²) in [5.74, 6) is 1.02. The van der Waals surface area contributed by atoms with E-state index in [9.17, 15) is 9.59 Å².